The monoisotopic (exact) mass is 267 g/mol. The zero-order chi connectivity index (χ0) is 14.3. The highest BCUT2D eigenvalue weighted by molar-refractivity contribution is 5.90. The minimum absolute atomic E-state index is 0.134. The van der Waals surface area contributed by atoms with E-state index in [4.69, 9.17) is 4.74 Å². The van der Waals surface area contributed by atoms with Crippen LogP contribution in [0.3, 0.4) is 0 Å². The van der Waals surface area contributed by atoms with E-state index in [1.54, 1.807) is 0 Å². The Morgan fingerprint density at radius 1 is 1.37 bits per heavy atom. The molecule has 1 aromatic rings. The molecule has 0 bridgehead atoms. The Kier molecular flexibility index (Phi) is 5.78. The minimum Gasteiger partial charge on any atom is -0.487 e. The largest absolute Gasteiger partial charge is 0.487 e. The Morgan fingerprint density at radius 3 is 2.68 bits per heavy atom. The number of ether oxygens (including phenoxy) is 2. The van der Waals surface area contributed by atoms with Crippen molar-refractivity contribution in [2.24, 2.45) is 0 Å². The Balaban J connectivity index is 2.86. The second kappa shape index (κ2) is 7.35. The second-order valence-electron chi connectivity index (χ2n) is 3.99. The van der Waals surface area contributed by atoms with Crippen LogP contribution in [-0.2, 0) is 4.74 Å². The van der Waals surface area contributed by atoms with Crippen molar-refractivity contribution in [1.29, 1.82) is 0 Å². The number of nitro benzene ring substituents is 1. The van der Waals surface area contributed by atoms with Gasteiger partial charge >= 0.3 is 11.7 Å². The van der Waals surface area contributed by atoms with Gasteiger partial charge < -0.3 is 9.47 Å². The molecule has 6 heteroatoms. The van der Waals surface area contributed by atoms with Gasteiger partial charge in [-0.05, 0) is 18.6 Å². The predicted octanol–water partition coefficient (Wildman–Crippen LogP) is 2.95. The Hall–Kier alpha value is -2.11. The standard InChI is InChI=1S/C13H17NO5/c1-3-4-5-8-19-12-7-6-10(13(15)18-2)9-11(12)14(16)17/h6-7,9H,3-5,8H2,1-2H3. The molecule has 0 amide bonds. The highest BCUT2D eigenvalue weighted by Crippen LogP contribution is 2.28. The van der Waals surface area contributed by atoms with Crippen molar-refractivity contribution < 1.29 is 19.2 Å². The summed E-state index contributed by atoms with van der Waals surface area (Å²) in [5.41, 5.74) is -0.0884. The lowest BCUT2D eigenvalue weighted by molar-refractivity contribution is -0.385. The van der Waals surface area contributed by atoms with Crippen LogP contribution in [0.5, 0.6) is 5.75 Å². The number of nitro groups is 1. The summed E-state index contributed by atoms with van der Waals surface area (Å²) in [6.45, 7) is 2.49. The molecule has 0 aliphatic rings. The third kappa shape index (κ3) is 4.24. The normalized spacial score (nSPS) is 10.0. The molecular formula is C13H17NO5. The lowest BCUT2D eigenvalue weighted by Gasteiger charge is -2.07. The molecule has 0 saturated carbocycles. The highest BCUT2D eigenvalue weighted by atomic mass is 16.6. The molecule has 19 heavy (non-hydrogen) atoms. The third-order valence-electron chi connectivity index (χ3n) is 2.58. The summed E-state index contributed by atoms with van der Waals surface area (Å²) >= 11 is 0. The number of unbranched alkanes of at least 4 members (excludes halogenated alkanes) is 2. The lowest BCUT2D eigenvalue weighted by Crippen LogP contribution is -2.05. The van der Waals surface area contributed by atoms with Gasteiger partial charge in [0.1, 0.15) is 0 Å². The first-order valence-corrected chi connectivity index (χ1v) is 6.09. The number of nitrogens with zero attached hydrogens (tertiary/aromatic N) is 1. The fourth-order valence-corrected chi connectivity index (χ4v) is 1.56. The average molecular weight is 267 g/mol. The molecule has 0 fully saturated rings. The molecule has 0 heterocycles. The summed E-state index contributed by atoms with van der Waals surface area (Å²) < 4.78 is 9.90. The molecule has 0 aliphatic carbocycles. The molecule has 0 aliphatic heterocycles. The third-order valence-corrected chi connectivity index (χ3v) is 2.58. The number of carbonyl (C=O) groups excluding carboxylic acids is 1. The van der Waals surface area contributed by atoms with Gasteiger partial charge in [-0.25, -0.2) is 4.79 Å². The first-order valence-electron chi connectivity index (χ1n) is 6.09. The van der Waals surface area contributed by atoms with Crippen LogP contribution in [0.4, 0.5) is 5.69 Å². The van der Waals surface area contributed by atoms with Gasteiger partial charge in [-0.3, -0.25) is 10.1 Å². The number of rotatable bonds is 7. The summed E-state index contributed by atoms with van der Waals surface area (Å²) in [6, 6.07) is 4.05. The van der Waals surface area contributed by atoms with E-state index in [0.29, 0.717) is 6.61 Å². The average Bonchev–Trinajstić information content (AvgIpc) is 2.42. The Labute approximate surface area is 111 Å². The van der Waals surface area contributed by atoms with Crippen LogP contribution in [0.15, 0.2) is 18.2 Å². The zero-order valence-corrected chi connectivity index (χ0v) is 11.0. The number of hydrogen-bond acceptors (Lipinski definition) is 5. The van der Waals surface area contributed by atoms with Crippen LogP contribution in [0.1, 0.15) is 36.5 Å². The second-order valence-corrected chi connectivity index (χ2v) is 3.99. The first kappa shape index (κ1) is 14.9. The molecule has 104 valence electrons. The summed E-state index contributed by atoms with van der Waals surface area (Å²) in [5, 5.41) is 10.9. The van der Waals surface area contributed by atoms with Crippen molar-refractivity contribution in [2.75, 3.05) is 13.7 Å². The lowest BCUT2D eigenvalue weighted by atomic mass is 10.2. The fourth-order valence-electron chi connectivity index (χ4n) is 1.56. The molecule has 6 nitrogen and oxygen atoms in total. The number of hydrogen-bond donors (Lipinski definition) is 0. The van der Waals surface area contributed by atoms with Gasteiger partial charge in [-0.2, -0.15) is 0 Å². The summed E-state index contributed by atoms with van der Waals surface area (Å²) in [5.74, 6) is -0.436. The summed E-state index contributed by atoms with van der Waals surface area (Å²) in [4.78, 5) is 21.7. The van der Waals surface area contributed by atoms with Crippen LogP contribution in [0.25, 0.3) is 0 Å². The van der Waals surface area contributed by atoms with E-state index < -0.39 is 10.9 Å². The number of esters is 1. The van der Waals surface area contributed by atoms with Crippen LogP contribution in [0, 0.1) is 10.1 Å². The number of benzene rings is 1. The SMILES string of the molecule is CCCCCOc1ccc(C(=O)OC)cc1[N+](=O)[O-]. The maximum absolute atomic E-state index is 11.3. The molecule has 0 radical (unpaired) electrons. The van der Waals surface area contributed by atoms with Crippen LogP contribution in [0.2, 0.25) is 0 Å². The van der Waals surface area contributed by atoms with Crippen molar-refractivity contribution in [2.45, 2.75) is 26.2 Å². The molecule has 1 aromatic carbocycles. The van der Waals surface area contributed by atoms with E-state index in [9.17, 15) is 14.9 Å². The van der Waals surface area contributed by atoms with Gasteiger partial charge in [0.15, 0.2) is 5.75 Å². The number of carbonyl (C=O) groups is 1. The van der Waals surface area contributed by atoms with Gasteiger partial charge in [-0.1, -0.05) is 19.8 Å². The molecule has 0 N–H and O–H groups in total. The van der Waals surface area contributed by atoms with Crippen molar-refractivity contribution >= 4 is 11.7 Å². The van der Waals surface area contributed by atoms with Gasteiger partial charge in [0.25, 0.3) is 0 Å². The maximum Gasteiger partial charge on any atom is 0.338 e. The number of methoxy groups -OCH3 is 1. The van der Waals surface area contributed by atoms with E-state index in [0.717, 1.165) is 19.3 Å². The summed E-state index contributed by atoms with van der Waals surface area (Å²) in [6.07, 6.45) is 2.90. The first-order chi connectivity index (χ1) is 9.10. The molecular weight excluding hydrogens is 250 g/mol. The van der Waals surface area contributed by atoms with Gasteiger partial charge in [-0.15, -0.1) is 0 Å². The van der Waals surface area contributed by atoms with E-state index in [1.165, 1.54) is 25.3 Å². The van der Waals surface area contributed by atoms with Gasteiger partial charge in [0.2, 0.25) is 0 Å². The van der Waals surface area contributed by atoms with Gasteiger partial charge in [0, 0.05) is 6.07 Å². The van der Waals surface area contributed by atoms with Crippen LogP contribution < -0.4 is 4.74 Å². The Morgan fingerprint density at radius 2 is 2.11 bits per heavy atom. The van der Waals surface area contributed by atoms with Crippen molar-refractivity contribution in [3.05, 3.63) is 33.9 Å². The minimum atomic E-state index is -0.611. The molecule has 0 unspecified atom stereocenters. The fraction of sp³-hybridized carbons (Fsp3) is 0.462. The molecule has 0 atom stereocenters. The quantitative estimate of drug-likeness (QED) is 0.328. The van der Waals surface area contributed by atoms with Crippen LogP contribution >= 0.6 is 0 Å². The molecule has 0 aromatic heterocycles. The van der Waals surface area contributed by atoms with E-state index in [2.05, 4.69) is 11.7 Å². The summed E-state index contributed by atoms with van der Waals surface area (Å²) in [7, 11) is 1.23. The smallest absolute Gasteiger partial charge is 0.338 e. The van der Waals surface area contributed by atoms with E-state index in [-0.39, 0.29) is 17.0 Å². The van der Waals surface area contributed by atoms with Crippen molar-refractivity contribution in [3.63, 3.8) is 0 Å². The zero-order valence-electron chi connectivity index (χ0n) is 11.0. The Bertz CT molecular complexity index is 458. The van der Waals surface area contributed by atoms with Crippen molar-refractivity contribution in [3.8, 4) is 5.75 Å². The van der Waals surface area contributed by atoms with Crippen LogP contribution in [-0.4, -0.2) is 24.6 Å². The molecule has 1 rings (SSSR count). The molecule has 0 spiro atoms. The molecule has 0 saturated heterocycles. The van der Waals surface area contributed by atoms with E-state index >= 15 is 0 Å². The van der Waals surface area contributed by atoms with Crippen molar-refractivity contribution in [1.82, 2.24) is 0 Å². The van der Waals surface area contributed by atoms with E-state index in [1.807, 2.05) is 0 Å². The predicted molar refractivity (Wildman–Crippen MR) is 69.5 cm³/mol. The highest BCUT2D eigenvalue weighted by Gasteiger charge is 2.18. The topological polar surface area (TPSA) is 78.7 Å². The van der Waals surface area contributed by atoms with Gasteiger partial charge in [0.05, 0.1) is 24.2 Å². The maximum atomic E-state index is 11.3.